The van der Waals surface area contributed by atoms with Gasteiger partial charge >= 0.3 is 6.18 Å². The van der Waals surface area contributed by atoms with Crippen molar-refractivity contribution in [1.29, 1.82) is 0 Å². The van der Waals surface area contributed by atoms with Gasteiger partial charge in [-0.05, 0) is 79.7 Å². The minimum Gasteiger partial charge on any atom is -0.335 e. The van der Waals surface area contributed by atoms with Crippen molar-refractivity contribution in [3.05, 3.63) is 94.1 Å². The predicted octanol–water partition coefficient (Wildman–Crippen LogP) is 5.90. The summed E-state index contributed by atoms with van der Waals surface area (Å²) in [4.78, 5) is 28.5. The van der Waals surface area contributed by atoms with E-state index in [2.05, 4.69) is 25.8 Å². The van der Waals surface area contributed by atoms with Crippen LogP contribution in [0, 0.1) is 12.7 Å². The van der Waals surface area contributed by atoms with Gasteiger partial charge in [0, 0.05) is 63.1 Å². The first-order valence-corrected chi connectivity index (χ1v) is 14.8. The summed E-state index contributed by atoms with van der Waals surface area (Å²) in [5.41, 5.74) is 4.45. The van der Waals surface area contributed by atoms with Crippen molar-refractivity contribution in [3.8, 4) is 0 Å². The fraction of sp³-hybridized carbons (Fsp3) is 0.424. The fourth-order valence-corrected chi connectivity index (χ4v) is 6.29. The summed E-state index contributed by atoms with van der Waals surface area (Å²) >= 11 is 0. The molecular weight excluding hydrogens is 558 g/mol. The maximum absolute atomic E-state index is 15.8. The predicted molar refractivity (Wildman–Crippen MR) is 157 cm³/mol. The Kier molecular flexibility index (Phi) is 8.33. The minimum atomic E-state index is -4.35. The number of nitrogens with zero attached hydrogens (tertiary/aromatic N) is 5. The van der Waals surface area contributed by atoms with Crippen LogP contribution in [0.2, 0.25) is 0 Å². The van der Waals surface area contributed by atoms with Gasteiger partial charge in [0.05, 0.1) is 11.3 Å². The monoisotopic (exact) mass is 593 g/mol. The average Bonchev–Trinajstić information content (AvgIpc) is 3.45. The van der Waals surface area contributed by atoms with Crippen molar-refractivity contribution in [1.82, 2.24) is 19.7 Å². The van der Waals surface area contributed by atoms with E-state index in [0.717, 1.165) is 61.4 Å². The number of amides is 1. The molecule has 43 heavy (non-hydrogen) atoms. The smallest absolute Gasteiger partial charge is 0.335 e. The Morgan fingerprint density at radius 1 is 0.860 bits per heavy atom. The van der Waals surface area contributed by atoms with E-state index in [0.29, 0.717) is 49.7 Å². The Morgan fingerprint density at radius 3 is 2.16 bits per heavy atom. The summed E-state index contributed by atoms with van der Waals surface area (Å²) in [7, 11) is 0. The summed E-state index contributed by atoms with van der Waals surface area (Å²) in [5, 5.41) is 0. The zero-order valence-corrected chi connectivity index (χ0v) is 24.2. The molecule has 3 aliphatic rings. The summed E-state index contributed by atoms with van der Waals surface area (Å²) < 4.78 is 54.3. The summed E-state index contributed by atoms with van der Waals surface area (Å²) in [6.45, 7) is 7.29. The molecule has 0 spiro atoms. The third kappa shape index (κ3) is 6.65. The second-order valence-electron chi connectivity index (χ2n) is 11.8. The van der Waals surface area contributed by atoms with Crippen LogP contribution in [-0.2, 0) is 30.5 Å². The Hall–Kier alpha value is -3.63. The molecule has 0 atom stereocenters. The number of hydrogen-bond acceptors (Lipinski definition) is 5. The molecule has 3 aliphatic heterocycles. The first kappa shape index (κ1) is 29.4. The Labute approximate surface area is 249 Å². The lowest BCUT2D eigenvalue weighted by Crippen LogP contribution is -2.50. The van der Waals surface area contributed by atoms with Crippen molar-refractivity contribution < 1.29 is 22.4 Å². The number of piperidine rings is 1. The molecule has 6 nitrogen and oxygen atoms in total. The number of pyridine rings is 1. The minimum absolute atomic E-state index is 0.134. The van der Waals surface area contributed by atoms with Gasteiger partial charge in [0.25, 0.3) is 5.91 Å². The van der Waals surface area contributed by atoms with Crippen LogP contribution in [0.1, 0.15) is 52.3 Å². The zero-order valence-electron chi connectivity index (χ0n) is 24.2. The number of alkyl halides is 3. The van der Waals surface area contributed by atoms with Crippen molar-refractivity contribution in [2.24, 2.45) is 4.99 Å². The first-order valence-electron chi connectivity index (χ1n) is 14.8. The number of hydrogen-bond donors (Lipinski definition) is 0. The van der Waals surface area contributed by atoms with Gasteiger partial charge < -0.3 is 4.90 Å². The van der Waals surface area contributed by atoms with Crippen LogP contribution in [0.15, 0.2) is 59.7 Å². The van der Waals surface area contributed by atoms with Crippen molar-refractivity contribution in [3.63, 3.8) is 0 Å². The normalized spacial score (nSPS) is 18.5. The van der Waals surface area contributed by atoms with Gasteiger partial charge in [-0.15, -0.1) is 0 Å². The lowest BCUT2D eigenvalue weighted by atomic mass is 9.87. The number of fused-ring (bicyclic) bond motifs is 1. The number of rotatable bonds is 6. The number of likely N-dealkylation sites (tertiary alicyclic amines) is 1. The van der Waals surface area contributed by atoms with E-state index in [4.69, 9.17) is 0 Å². The average molecular weight is 594 g/mol. The van der Waals surface area contributed by atoms with Crippen LogP contribution in [-0.4, -0.2) is 70.6 Å². The largest absolute Gasteiger partial charge is 0.416 e. The third-order valence-electron chi connectivity index (χ3n) is 8.85. The highest BCUT2D eigenvalue weighted by Gasteiger charge is 2.32. The summed E-state index contributed by atoms with van der Waals surface area (Å²) in [6, 6.07) is 13.0. The molecule has 0 N–H and O–H groups in total. The quantitative estimate of drug-likeness (QED) is 0.334. The van der Waals surface area contributed by atoms with Gasteiger partial charge in [0.1, 0.15) is 11.5 Å². The second-order valence-corrected chi connectivity index (χ2v) is 11.8. The van der Waals surface area contributed by atoms with Crippen LogP contribution in [0.4, 0.5) is 23.2 Å². The number of carbonyl (C=O) groups excluding carboxylic acids is 1. The number of carbonyl (C=O) groups is 1. The van der Waals surface area contributed by atoms with Crippen molar-refractivity contribution >= 4 is 17.3 Å². The maximum atomic E-state index is 15.8. The zero-order chi connectivity index (χ0) is 30.1. The van der Waals surface area contributed by atoms with Crippen LogP contribution in [0.3, 0.4) is 0 Å². The van der Waals surface area contributed by atoms with Gasteiger partial charge in [0.2, 0.25) is 0 Å². The van der Waals surface area contributed by atoms with Gasteiger partial charge in [-0.25, -0.2) is 9.38 Å². The van der Waals surface area contributed by atoms with Gasteiger partial charge in [0.15, 0.2) is 0 Å². The molecule has 10 heteroatoms. The molecule has 226 valence electrons. The van der Waals surface area contributed by atoms with Crippen LogP contribution in [0.25, 0.3) is 0 Å². The van der Waals surface area contributed by atoms with E-state index in [1.807, 2.05) is 31.3 Å². The highest BCUT2D eigenvalue weighted by atomic mass is 19.4. The fourth-order valence-electron chi connectivity index (χ4n) is 6.29. The van der Waals surface area contributed by atoms with Crippen LogP contribution in [0.5, 0.6) is 0 Å². The third-order valence-corrected chi connectivity index (χ3v) is 8.85. The number of benzene rings is 2. The summed E-state index contributed by atoms with van der Waals surface area (Å²) in [6.07, 6.45) is -0.491. The first-order chi connectivity index (χ1) is 20.6. The number of aryl methyl sites for hydroxylation is 1. The highest BCUT2D eigenvalue weighted by molar-refractivity contribution is 6.40. The van der Waals surface area contributed by atoms with Gasteiger partial charge in [-0.3, -0.25) is 19.6 Å². The lowest BCUT2D eigenvalue weighted by Gasteiger charge is -2.34. The molecule has 0 aliphatic carbocycles. The molecular formula is C33H35F4N5O. The number of piperazine rings is 1. The Morgan fingerprint density at radius 2 is 1.51 bits per heavy atom. The molecule has 1 aromatic heterocycles. The second kappa shape index (κ2) is 12.2. The lowest BCUT2D eigenvalue weighted by molar-refractivity contribution is -0.137. The van der Waals surface area contributed by atoms with E-state index < -0.39 is 11.7 Å². The maximum Gasteiger partial charge on any atom is 0.416 e. The number of aliphatic imine (C=N–C) groups is 1. The topological polar surface area (TPSA) is 52.0 Å². The van der Waals surface area contributed by atoms with Crippen LogP contribution >= 0.6 is 0 Å². The van der Waals surface area contributed by atoms with Gasteiger partial charge in [-0.2, -0.15) is 13.2 Å². The molecule has 4 heterocycles. The Bertz CT molecular complexity index is 1490. The molecule has 2 saturated heterocycles. The molecule has 0 bridgehead atoms. The Balaban J connectivity index is 1.01. The highest BCUT2D eigenvalue weighted by Crippen LogP contribution is 2.37. The molecule has 0 unspecified atom stereocenters. The van der Waals surface area contributed by atoms with E-state index in [-0.39, 0.29) is 24.1 Å². The van der Waals surface area contributed by atoms with Crippen LogP contribution < -0.4 is 0 Å². The molecule has 0 radical (unpaired) electrons. The molecule has 3 aromatic rings. The SMILES string of the molecule is Cc1ccc(CN2CCC(c3ccc4c(c3F)CC(C(=O)N3CCN(Cc5ccc(C(F)(F)F)cc5)CC3)=N4)CC2)cn1. The molecule has 2 aromatic carbocycles. The van der Waals surface area contributed by atoms with Crippen molar-refractivity contribution in [2.45, 2.75) is 51.4 Å². The number of aromatic nitrogens is 1. The van der Waals surface area contributed by atoms with E-state index in [1.165, 1.54) is 17.7 Å². The molecule has 0 saturated carbocycles. The number of halogens is 4. The van der Waals surface area contributed by atoms with E-state index in [9.17, 15) is 18.0 Å². The molecule has 1 amide bonds. The van der Waals surface area contributed by atoms with Gasteiger partial charge in [-0.1, -0.05) is 24.3 Å². The molecule has 6 rings (SSSR count). The van der Waals surface area contributed by atoms with E-state index in [1.54, 1.807) is 4.90 Å². The van der Waals surface area contributed by atoms with E-state index >= 15 is 4.39 Å². The van der Waals surface area contributed by atoms with Crippen molar-refractivity contribution in [2.75, 3.05) is 39.3 Å². The standard InChI is InChI=1S/C33H35F4N5O/c1-22-2-3-24(19-38-22)21-40-12-10-25(11-13-40)27-8-9-29-28(31(27)34)18-30(39-29)32(43)42-16-14-41(15-17-42)20-23-4-6-26(7-5-23)33(35,36)37/h2-9,19,25H,10-18,20-21H2,1H3. The molecule has 2 fully saturated rings. The summed E-state index contributed by atoms with van der Waals surface area (Å²) in [5.74, 6) is -0.271.